The Morgan fingerprint density at radius 2 is 1.92 bits per heavy atom. The van der Waals surface area contributed by atoms with Crippen LogP contribution in [0, 0.1) is 5.92 Å². The molecule has 2 rings (SSSR count). The summed E-state index contributed by atoms with van der Waals surface area (Å²) in [7, 11) is 0. The van der Waals surface area contributed by atoms with Gasteiger partial charge in [-0.1, -0.05) is 43.1 Å². The van der Waals surface area contributed by atoms with Crippen LogP contribution in [-0.2, 0) is 16.0 Å². The van der Waals surface area contributed by atoms with Gasteiger partial charge in [0, 0.05) is 10.9 Å². The maximum Gasteiger partial charge on any atom is 0.326 e. The number of carboxylic acids is 1. The maximum atomic E-state index is 12.1. The first-order valence-electron chi connectivity index (χ1n) is 7.69. The number of hydrogen-bond acceptors (Lipinski definition) is 4. The molecule has 0 aliphatic carbocycles. The van der Waals surface area contributed by atoms with Crippen LogP contribution in [0.4, 0.5) is 0 Å². The zero-order chi connectivity index (χ0) is 18.6. The van der Waals surface area contributed by atoms with Crippen LogP contribution < -0.4 is 5.32 Å². The van der Waals surface area contributed by atoms with Crippen molar-refractivity contribution >= 4 is 46.4 Å². The Balaban J connectivity index is 2.08. The van der Waals surface area contributed by atoms with Gasteiger partial charge in [-0.05, 0) is 24.5 Å². The van der Waals surface area contributed by atoms with Gasteiger partial charge < -0.3 is 10.4 Å². The quantitative estimate of drug-likeness (QED) is 0.726. The van der Waals surface area contributed by atoms with Crippen molar-refractivity contribution in [3.05, 3.63) is 39.3 Å². The molecule has 1 aromatic heterocycles. The number of thiazole rings is 1. The number of amides is 1. The van der Waals surface area contributed by atoms with Crippen molar-refractivity contribution in [3.8, 4) is 10.6 Å². The van der Waals surface area contributed by atoms with E-state index in [2.05, 4.69) is 10.3 Å². The summed E-state index contributed by atoms with van der Waals surface area (Å²) in [5.41, 5.74) is 1.17. The van der Waals surface area contributed by atoms with E-state index in [0.717, 1.165) is 0 Å². The lowest BCUT2D eigenvalue weighted by Gasteiger charge is -2.16. The smallest absolute Gasteiger partial charge is 0.326 e. The Bertz CT molecular complexity index is 757. The molecule has 2 aromatic rings. The summed E-state index contributed by atoms with van der Waals surface area (Å²) < 4.78 is 0. The summed E-state index contributed by atoms with van der Waals surface area (Å²) in [5.74, 6) is -1.26. The maximum absolute atomic E-state index is 12.1. The summed E-state index contributed by atoms with van der Waals surface area (Å²) >= 11 is 13.7. The molecule has 25 heavy (non-hydrogen) atoms. The Morgan fingerprint density at radius 3 is 2.48 bits per heavy atom. The summed E-state index contributed by atoms with van der Waals surface area (Å²) in [6.07, 6.45) is 0.374. The molecule has 0 spiro atoms. The van der Waals surface area contributed by atoms with Crippen molar-refractivity contribution in [2.24, 2.45) is 5.92 Å². The zero-order valence-electron chi connectivity index (χ0n) is 13.8. The third-order valence-corrected chi connectivity index (χ3v) is 4.95. The average molecular weight is 401 g/mol. The highest BCUT2D eigenvalue weighted by Gasteiger charge is 2.22. The molecular weight excluding hydrogens is 383 g/mol. The van der Waals surface area contributed by atoms with Crippen LogP contribution in [-0.4, -0.2) is 28.0 Å². The van der Waals surface area contributed by atoms with Gasteiger partial charge in [0.1, 0.15) is 11.0 Å². The fourth-order valence-corrected chi connectivity index (χ4v) is 3.89. The van der Waals surface area contributed by atoms with Crippen LogP contribution in [0.25, 0.3) is 10.6 Å². The number of carbonyl (C=O) groups is 2. The van der Waals surface area contributed by atoms with Gasteiger partial charge in [-0.2, -0.15) is 0 Å². The number of halogens is 2. The number of hydrogen-bond donors (Lipinski definition) is 2. The number of aromatic nitrogens is 1. The van der Waals surface area contributed by atoms with E-state index in [1.807, 2.05) is 13.8 Å². The van der Waals surface area contributed by atoms with E-state index < -0.39 is 12.0 Å². The molecule has 0 saturated carbocycles. The van der Waals surface area contributed by atoms with Gasteiger partial charge in [-0.3, -0.25) is 4.79 Å². The standard InChI is InChI=1S/C17H18Cl2N2O3S/c1-9(2)6-13(17(23)24)21-14(22)7-10-8-25-16(20-10)15-11(18)4-3-5-12(15)19/h3-5,8-9,13H,6-7H2,1-2H3,(H,21,22)(H,23,24)/t13-/m1/s1. The third-order valence-electron chi connectivity index (χ3n) is 3.41. The minimum absolute atomic E-state index is 0.000443. The van der Waals surface area contributed by atoms with E-state index in [-0.39, 0.29) is 18.2 Å². The van der Waals surface area contributed by atoms with Crippen molar-refractivity contribution in [1.29, 1.82) is 0 Å². The largest absolute Gasteiger partial charge is 0.480 e. The highest BCUT2D eigenvalue weighted by Crippen LogP contribution is 2.36. The number of nitrogens with zero attached hydrogens (tertiary/aromatic N) is 1. The van der Waals surface area contributed by atoms with Gasteiger partial charge in [-0.25, -0.2) is 9.78 Å². The Labute approximate surface area is 160 Å². The molecule has 0 fully saturated rings. The van der Waals surface area contributed by atoms with Crippen molar-refractivity contribution in [1.82, 2.24) is 10.3 Å². The Hall–Kier alpha value is -1.63. The molecule has 134 valence electrons. The topological polar surface area (TPSA) is 79.3 Å². The summed E-state index contributed by atoms with van der Waals surface area (Å²) in [5, 5.41) is 15.1. The Kier molecular flexibility index (Phi) is 6.81. The molecule has 5 nitrogen and oxygen atoms in total. The lowest BCUT2D eigenvalue weighted by Crippen LogP contribution is -2.42. The van der Waals surface area contributed by atoms with Crippen LogP contribution in [0.15, 0.2) is 23.6 Å². The minimum atomic E-state index is -1.04. The predicted molar refractivity (Wildman–Crippen MR) is 100 cm³/mol. The normalized spacial score (nSPS) is 12.2. The van der Waals surface area contributed by atoms with Crippen LogP contribution in [0.3, 0.4) is 0 Å². The van der Waals surface area contributed by atoms with Crippen LogP contribution in [0.2, 0.25) is 10.0 Å². The molecule has 1 heterocycles. The number of nitrogens with one attached hydrogen (secondary N) is 1. The van der Waals surface area contributed by atoms with E-state index in [1.165, 1.54) is 11.3 Å². The van der Waals surface area contributed by atoms with Gasteiger partial charge >= 0.3 is 5.97 Å². The molecule has 0 unspecified atom stereocenters. The second-order valence-electron chi connectivity index (χ2n) is 6.01. The summed E-state index contributed by atoms with van der Waals surface area (Å²) in [6, 6.07) is 4.29. The fourth-order valence-electron chi connectivity index (χ4n) is 2.31. The predicted octanol–water partition coefficient (Wildman–Crippen LogP) is 4.27. The van der Waals surface area contributed by atoms with Crippen LogP contribution >= 0.6 is 34.5 Å². The SMILES string of the molecule is CC(C)C[C@@H](NC(=O)Cc1csc(-c2c(Cl)cccc2Cl)n1)C(=O)O. The van der Waals surface area contributed by atoms with Gasteiger partial charge in [0.2, 0.25) is 5.91 Å². The molecular formula is C17H18Cl2N2O3S. The van der Waals surface area contributed by atoms with Crippen LogP contribution in [0.1, 0.15) is 26.0 Å². The third kappa shape index (κ3) is 5.42. The first-order valence-corrected chi connectivity index (χ1v) is 9.32. The summed E-state index contributed by atoms with van der Waals surface area (Å²) in [6.45, 7) is 3.81. The molecule has 1 aromatic carbocycles. The van der Waals surface area contributed by atoms with Gasteiger partial charge in [0.25, 0.3) is 0 Å². The monoisotopic (exact) mass is 400 g/mol. The van der Waals surface area contributed by atoms with E-state index >= 15 is 0 Å². The molecule has 0 aliphatic heterocycles. The first kappa shape index (κ1) is 19.7. The fraction of sp³-hybridized carbons (Fsp3) is 0.353. The first-order chi connectivity index (χ1) is 11.8. The summed E-state index contributed by atoms with van der Waals surface area (Å²) in [4.78, 5) is 27.8. The van der Waals surface area contributed by atoms with Crippen molar-refractivity contribution in [2.45, 2.75) is 32.7 Å². The molecule has 8 heteroatoms. The second kappa shape index (κ2) is 8.65. The average Bonchev–Trinajstić information content (AvgIpc) is 2.93. The molecule has 1 atom stereocenters. The van der Waals surface area contributed by atoms with Gasteiger partial charge in [-0.15, -0.1) is 11.3 Å². The second-order valence-corrected chi connectivity index (χ2v) is 7.68. The molecule has 0 radical (unpaired) electrons. The van der Waals surface area contributed by atoms with E-state index in [4.69, 9.17) is 23.2 Å². The lowest BCUT2D eigenvalue weighted by atomic mass is 10.0. The van der Waals surface area contributed by atoms with E-state index in [1.54, 1.807) is 23.6 Å². The van der Waals surface area contributed by atoms with Crippen molar-refractivity contribution < 1.29 is 14.7 Å². The van der Waals surface area contributed by atoms with E-state index in [9.17, 15) is 14.7 Å². The number of benzene rings is 1. The molecule has 0 bridgehead atoms. The van der Waals surface area contributed by atoms with E-state index in [0.29, 0.717) is 32.7 Å². The van der Waals surface area contributed by atoms with Crippen LogP contribution in [0.5, 0.6) is 0 Å². The van der Waals surface area contributed by atoms with Gasteiger partial charge in [0.05, 0.1) is 22.2 Å². The molecule has 1 amide bonds. The van der Waals surface area contributed by atoms with Gasteiger partial charge in [0.15, 0.2) is 0 Å². The molecule has 0 saturated heterocycles. The van der Waals surface area contributed by atoms with Crippen molar-refractivity contribution in [3.63, 3.8) is 0 Å². The number of aliphatic carboxylic acids is 1. The van der Waals surface area contributed by atoms with Crippen molar-refractivity contribution in [2.75, 3.05) is 0 Å². The molecule has 2 N–H and O–H groups in total. The highest BCUT2D eigenvalue weighted by atomic mass is 35.5. The molecule has 0 aliphatic rings. The number of carbonyl (C=O) groups excluding carboxylic acids is 1. The highest BCUT2D eigenvalue weighted by molar-refractivity contribution is 7.13. The Morgan fingerprint density at radius 1 is 1.28 bits per heavy atom. The minimum Gasteiger partial charge on any atom is -0.480 e. The number of rotatable bonds is 7. The lowest BCUT2D eigenvalue weighted by molar-refractivity contribution is -0.142. The number of carboxylic acid groups (broad SMARTS) is 1. The zero-order valence-corrected chi connectivity index (χ0v) is 16.1.